The van der Waals surface area contributed by atoms with Crippen molar-refractivity contribution in [2.75, 3.05) is 19.7 Å². The van der Waals surface area contributed by atoms with Crippen LogP contribution in [0.2, 0.25) is 0 Å². The van der Waals surface area contributed by atoms with Crippen LogP contribution in [-0.2, 0) is 0 Å². The molecule has 1 saturated heterocycles. The molecule has 0 radical (unpaired) electrons. The number of benzene rings is 1. The standard InChI is InChI=1S/C12H13FN2O4/c13-10-2-1-9(5-11(10)15(18)19)12(17)14-4-3-8(6-14)7-16/h1-2,5,8,16H,3-4,6-7H2. The predicted octanol–water partition coefficient (Wildman–Crippen LogP) is 1.19. The number of hydrogen-bond acceptors (Lipinski definition) is 4. The van der Waals surface area contributed by atoms with Crippen LogP contribution in [-0.4, -0.2) is 40.5 Å². The Morgan fingerprint density at radius 2 is 2.32 bits per heavy atom. The van der Waals surface area contributed by atoms with Crippen LogP contribution in [0.15, 0.2) is 18.2 Å². The minimum atomic E-state index is -0.962. The Morgan fingerprint density at radius 1 is 1.58 bits per heavy atom. The summed E-state index contributed by atoms with van der Waals surface area (Å²) < 4.78 is 13.2. The Labute approximate surface area is 108 Å². The zero-order valence-corrected chi connectivity index (χ0v) is 10.1. The number of amides is 1. The highest BCUT2D eigenvalue weighted by molar-refractivity contribution is 5.95. The number of nitro groups is 1. The van der Waals surface area contributed by atoms with Gasteiger partial charge in [-0.05, 0) is 18.6 Å². The molecule has 1 N–H and O–H groups in total. The highest BCUT2D eigenvalue weighted by atomic mass is 19.1. The number of halogens is 1. The van der Waals surface area contributed by atoms with Crippen molar-refractivity contribution in [1.29, 1.82) is 0 Å². The molecule has 0 aromatic heterocycles. The number of nitrogens with zero attached hydrogens (tertiary/aromatic N) is 2. The monoisotopic (exact) mass is 268 g/mol. The quantitative estimate of drug-likeness (QED) is 0.659. The molecule has 7 heteroatoms. The second-order valence-corrected chi connectivity index (χ2v) is 4.51. The van der Waals surface area contributed by atoms with E-state index < -0.39 is 16.4 Å². The Hall–Kier alpha value is -2.02. The van der Waals surface area contributed by atoms with Gasteiger partial charge in [0, 0.05) is 37.2 Å². The van der Waals surface area contributed by atoms with Gasteiger partial charge in [-0.1, -0.05) is 0 Å². The van der Waals surface area contributed by atoms with Crippen LogP contribution < -0.4 is 0 Å². The molecule has 1 heterocycles. The van der Waals surface area contributed by atoms with E-state index in [1.54, 1.807) is 0 Å². The fraction of sp³-hybridized carbons (Fsp3) is 0.417. The third kappa shape index (κ3) is 2.70. The number of aliphatic hydroxyl groups is 1. The third-order valence-electron chi connectivity index (χ3n) is 3.22. The molecule has 1 aromatic rings. The maximum absolute atomic E-state index is 13.2. The van der Waals surface area contributed by atoms with Crippen molar-refractivity contribution in [2.24, 2.45) is 5.92 Å². The number of aliphatic hydroxyl groups excluding tert-OH is 1. The van der Waals surface area contributed by atoms with E-state index in [1.807, 2.05) is 0 Å². The van der Waals surface area contributed by atoms with E-state index in [2.05, 4.69) is 0 Å². The van der Waals surface area contributed by atoms with Crippen LogP contribution in [0.1, 0.15) is 16.8 Å². The van der Waals surface area contributed by atoms with Gasteiger partial charge in [0.1, 0.15) is 0 Å². The highest BCUT2D eigenvalue weighted by Crippen LogP contribution is 2.22. The summed E-state index contributed by atoms with van der Waals surface area (Å²) in [5.74, 6) is -1.30. The van der Waals surface area contributed by atoms with E-state index in [9.17, 15) is 19.3 Å². The lowest BCUT2D eigenvalue weighted by Crippen LogP contribution is -2.29. The molecule has 0 spiro atoms. The normalized spacial score (nSPS) is 18.6. The molecule has 1 amide bonds. The van der Waals surface area contributed by atoms with E-state index in [4.69, 9.17) is 5.11 Å². The molecule has 1 atom stereocenters. The Balaban J connectivity index is 2.20. The zero-order chi connectivity index (χ0) is 14.0. The van der Waals surface area contributed by atoms with E-state index in [0.29, 0.717) is 19.5 Å². The Bertz CT molecular complexity index is 520. The lowest BCUT2D eigenvalue weighted by Gasteiger charge is -2.16. The molecule has 0 bridgehead atoms. The van der Waals surface area contributed by atoms with Gasteiger partial charge < -0.3 is 10.0 Å². The summed E-state index contributed by atoms with van der Waals surface area (Å²) in [4.78, 5) is 23.4. The smallest absolute Gasteiger partial charge is 0.305 e. The van der Waals surface area contributed by atoms with Crippen molar-refractivity contribution in [3.63, 3.8) is 0 Å². The maximum Gasteiger partial charge on any atom is 0.305 e. The molecule has 1 fully saturated rings. The van der Waals surface area contributed by atoms with Gasteiger partial charge in [-0.2, -0.15) is 4.39 Å². The lowest BCUT2D eigenvalue weighted by atomic mass is 10.1. The molecule has 19 heavy (non-hydrogen) atoms. The van der Waals surface area contributed by atoms with Crippen molar-refractivity contribution in [2.45, 2.75) is 6.42 Å². The molecule has 2 rings (SSSR count). The summed E-state index contributed by atoms with van der Waals surface area (Å²) in [6.45, 7) is 0.920. The fourth-order valence-electron chi connectivity index (χ4n) is 2.13. The molecular formula is C12H13FN2O4. The number of carbonyl (C=O) groups is 1. The summed E-state index contributed by atoms with van der Waals surface area (Å²) in [7, 11) is 0. The van der Waals surface area contributed by atoms with Gasteiger partial charge in [-0.15, -0.1) is 0 Å². The van der Waals surface area contributed by atoms with Gasteiger partial charge in [-0.25, -0.2) is 0 Å². The maximum atomic E-state index is 13.2. The minimum Gasteiger partial charge on any atom is -0.396 e. The van der Waals surface area contributed by atoms with E-state index in [0.717, 1.165) is 12.1 Å². The first-order valence-electron chi connectivity index (χ1n) is 5.87. The molecule has 1 aliphatic rings. The molecule has 1 aromatic carbocycles. The lowest BCUT2D eigenvalue weighted by molar-refractivity contribution is -0.387. The summed E-state index contributed by atoms with van der Waals surface area (Å²) in [6.07, 6.45) is 0.700. The molecule has 0 aliphatic carbocycles. The van der Waals surface area contributed by atoms with Gasteiger partial charge >= 0.3 is 5.69 Å². The predicted molar refractivity (Wildman–Crippen MR) is 64.2 cm³/mol. The second kappa shape index (κ2) is 5.31. The van der Waals surface area contributed by atoms with Gasteiger partial charge in [0.15, 0.2) is 0 Å². The second-order valence-electron chi connectivity index (χ2n) is 4.51. The molecule has 102 valence electrons. The summed E-state index contributed by atoms with van der Waals surface area (Å²) in [5.41, 5.74) is -0.615. The van der Waals surface area contributed by atoms with Crippen LogP contribution >= 0.6 is 0 Å². The van der Waals surface area contributed by atoms with Gasteiger partial charge in [0.25, 0.3) is 5.91 Å². The Kier molecular flexibility index (Phi) is 3.75. The topological polar surface area (TPSA) is 83.7 Å². The van der Waals surface area contributed by atoms with Crippen molar-refractivity contribution < 1.29 is 19.2 Å². The number of likely N-dealkylation sites (tertiary alicyclic amines) is 1. The average Bonchev–Trinajstić information content (AvgIpc) is 2.87. The first-order chi connectivity index (χ1) is 9.02. The van der Waals surface area contributed by atoms with Crippen molar-refractivity contribution >= 4 is 11.6 Å². The van der Waals surface area contributed by atoms with Crippen molar-refractivity contribution in [3.8, 4) is 0 Å². The van der Waals surface area contributed by atoms with Crippen LogP contribution in [0.4, 0.5) is 10.1 Å². The van der Waals surface area contributed by atoms with E-state index in [1.165, 1.54) is 11.0 Å². The largest absolute Gasteiger partial charge is 0.396 e. The Morgan fingerprint density at radius 3 is 2.89 bits per heavy atom. The van der Waals surface area contributed by atoms with E-state index >= 15 is 0 Å². The molecule has 0 saturated carbocycles. The van der Waals surface area contributed by atoms with Crippen molar-refractivity contribution in [3.05, 3.63) is 39.7 Å². The van der Waals surface area contributed by atoms with Crippen LogP contribution in [0, 0.1) is 21.8 Å². The molecular weight excluding hydrogens is 255 g/mol. The minimum absolute atomic E-state index is 0.00729. The molecule has 1 aliphatic heterocycles. The number of hydrogen-bond donors (Lipinski definition) is 1. The first-order valence-corrected chi connectivity index (χ1v) is 5.87. The van der Waals surface area contributed by atoms with Gasteiger partial charge in [-0.3, -0.25) is 14.9 Å². The van der Waals surface area contributed by atoms with Crippen LogP contribution in [0.5, 0.6) is 0 Å². The van der Waals surface area contributed by atoms with Crippen LogP contribution in [0.25, 0.3) is 0 Å². The number of carbonyl (C=O) groups excluding carboxylic acids is 1. The van der Waals surface area contributed by atoms with Gasteiger partial charge in [0.05, 0.1) is 4.92 Å². The highest BCUT2D eigenvalue weighted by Gasteiger charge is 2.27. The first kappa shape index (κ1) is 13.4. The average molecular weight is 268 g/mol. The zero-order valence-electron chi connectivity index (χ0n) is 10.1. The van der Waals surface area contributed by atoms with Crippen molar-refractivity contribution in [1.82, 2.24) is 4.90 Å². The summed E-state index contributed by atoms with van der Waals surface area (Å²) in [6, 6.07) is 3.10. The summed E-state index contributed by atoms with van der Waals surface area (Å²) >= 11 is 0. The third-order valence-corrected chi connectivity index (χ3v) is 3.22. The molecule has 1 unspecified atom stereocenters. The SMILES string of the molecule is O=C(c1ccc(F)c([N+](=O)[O-])c1)N1CCC(CO)C1. The number of rotatable bonds is 3. The fourth-order valence-corrected chi connectivity index (χ4v) is 2.13. The number of nitro benzene ring substituents is 1. The van der Waals surface area contributed by atoms with E-state index in [-0.39, 0.29) is 24.0 Å². The summed E-state index contributed by atoms with van der Waals surface area (Å²) in [5, 5.41) is 19.6. The molecule has 6 nitrogen and oxygen atoms in total. The van der Waals surface area contributed by atoms with Crippen LogP contribution in [0.3, 0.4) is 0 Å². The van der Waals surface area contributed by atoms with Gasteiger partial charge in [0.2, 0.25) is 5.82 Å².